The number of rotatable bonds is 6. The largest absolute Gasteiger partial charge is 0.379 e. The Morgan fingerprint density at radius 3 is 2.71 bits per heavy atom. The zero-order valence-electron chi connectivity index (χ0n) is 16.9. The van der Waals surface area contributed by atoms with Crippen LogP contribution in [0.2, 0.25) is 0 Å². The fourth-order valence-corrected chi connectivity index (χ4v) is 3.41. The third-order valence-electron chi connectivity index (χ3n) is 5.04. The number of nitrogens with one attached hydrogen (secondary N) is 1. The average Bonchev–Trinajstić information content (AvgIpc) is 3.12. The molecule has 0 spiro atoms. The van der Waals surface area contributed by atoms with Gasteiger partial charge < -0.3 is 19.9 Å². The van der Waals surface area contributed by atoms with Gasteiger partial charge in [-0.3, -0.25) is 9.69 Å². The summed E-state index contributed by atoms with van der Waals surface area (Å²) in [5.74, 6) is 0.812. The van der Waals surface area contributed by atoms with Crippen LogP contribution in [0.5, 0.6) is 0 Å². The minimum absolute atomic E-state index is 0. The SMILES string of the molecule is CN(C)C(=O)CN=C(NCCCN1CCOCC1)N1CCc2ccccc21.I. The van der Waals surface area contributed by atoms with Gasteiger partial charge in [0.15, 0.2) is 5.96 Å². The fourth-order valence-electron chi connectivity index (χ4n) is 3.41. The first-order valence-electron chi connectivity index (χ1n) is 9.79. The molecule has 1 saturated heterocycles. The molecule has 1 aromatic carbocycles. The quantitative estimate of drug-likeness (QED) is 0.277. The first kappa shape index (κ1) is 22.9. The summed E-state index contributed by atoms with van der Waals surface area (Å²) in [5.41, 5.74) is 2.52. The molecule has 8 heteroatoms. The Bertz CT molecular complexity index is 662. The molecule has 1 fully saturated rings. The van der Waals surface area contributed by atoms with E-state index in [9.17, 15) is 4.79 Å². The molecule has 0 radical (unpaired) electrons. The molecule has 28 heavy (non-hydrogen) atoms. The van der Waals surface area contributed by atoms with Crippen molar-refractivity contribution in [1.82, 2.24) is 15.1 Å². The molecule has 0 aliphatic carbocycles. The van der Waals surface area contributed by atoms with Crippen LogP contribution in [-0.4, -0.2) is 88.2 Å². The molecule has 1 amide bonds. The summed E-state index contributed by atoms with van der Waals surface area (Å²) in [5, 5.41) is 3.48. The van der Waals surface area contributed by atoms with Gasteiger partial charge >= 0.3 is 0 Å². The number of anilines is 1. The standard InChI is InChI=1S/C20H31N5O2.HI/c1-23(2)19(26)16-22-20(21-9-5-10-24-12-14-27-15-13-24)25-11-8-17-6-3-4-7-18(17)25;/h3-4,6-7H,5,8-16H2,1-2H3,(H,21,22);1H. The molecular weight excluding hydrogens is 469 g/mol. The maximum atomic E-state index is 12.0. The van der Waals surface area contributed by atoms with Crippen LogP contribution >= 0.6 is 24.0 Å². The van der Waals surface area contributed by atoms with Crippen LogP contribution in [0.1, 0.15) is 12.0 Å². The normalized spacial score (nSPS) is 17.1. The van der Waals surface area contributed by atoms with Gasteiger partial charge in [0.25, 0.3) is 0 Å². The van der Waals surface area contributed by atoms with E-state index in [4.69, 9.17) is 4.74 Å². The number of hydrogen-bond donors (Lipinski definition) is 1. The summed E-state index contributed by atoms with van der Waals surface area (Å²) in [4.78, 5) is 22.8. The lowest BCUT2D eigenvalue weighted by Crippen LogP contribution is -2.43. The van der Waals surface area contributed by atoms with Gasteiger partial charge in [0, 0.05) is 46.0 Å². The van der Waals surface area contributed by atoms with Gasteiger partial charge in [0.1, 0.15) is 6.54 Å². The van der Waals surface area contributed by atoms with Gasteiger partial charge in [0.05, 0.1) is 13.2 Å². The molecule has 1 N–H and O–H groups in total. The monoisotopic (exact) mass is 501 g/mol. The number of carbonyl (C=O) groups excluding carboxylic acids is 1. The van der Waals surface area contributed by atoms with Crippen LogP contribution in [0, 0.1) is 0 Å². The second-order valence-electron chi connectivity index (χ2n) is 7.19. The Morgan fingerprint density at radius 2 is 1.96 bits per heavy atom. The third-order valence-corrected chi connectivity index (χ3v) is 5.04. The number of guanidine groups is 1. The summed E-state index contributed by atoms with van der Waals surface area (Å²) in [7, 11) is 3.52. The number of amides is 1. The molecule has 2 heterocycles. The lowest BCUT2D eigenvalue weighted by molar-refractivity contribution is -0.127. The van der Waals surface area contributed by atoms with Gasteiger partial charge in [-0.05, 0) is 31.0 Å². The first-order valence-corrected chi connectivity index (χ1v) is 9.79. The van der Waals surface area contributed by atoms with E-state index in [1.807, 2.05) is 0 Å². The first-order chi connectivity index (χ1) is 13.1. The van der Waals surface area contributed by atoms with Crippen molar-refractivity contribution in [3.05, 3.63) is 29.8 Å². The molecule has 0 unspecified atom stereocenters. The third kappa shape index (κ3) is 6.31. The van der Waals surface area contributed by atoms with Crippen molar-refractivity contribution in [2.75, 3.05) is 71.5 Å². The van der Waals surface area contributed by atoms with Crippen LogP contribution in [0.4, 0.5) is 5.69 Å². The molecule has 0 aromatic heterocycles. The minimum Gasteiger partial charge on any atom is -0.379 e. The van der Waals surface area contributed by atoms with Gasteiger partial charge in [-0.1, -0.05) is 18.2 Å². The molecule has 1 aromatic rings. The van der Waals surface area contributed by atoms with Gasteiger partial charge in [-0.15, -0.1) is 24.0 Å². The number of carbonyl (C=O) groups is 1. The zero-order valence-corrected chi connectivity index (χ0v) is 19.2. The average molecular weight is 501 g/mol. The fraction of sp³-hybridized carbons (Fsp3) is 0.600. The van der Waals surface area contributed by atoms with Crippen LogP contribution in [0.25, 0.3) is 0 Å². The maximum Gasteiger partial charge on any atom is 0.243 e. The lowest BCUT2D eigenvalue weighted by atomic mass is 10.2. The summed E-state index contributed by atoms with van der Waals surface area (Å²) >= 11 is 0. The van der Waals surface area contributed by atoms with E-state index in [0.717, 1.165) is 64.7 Å². The highest BCUT2D eigenvalue weighted by molar-refractivity contribution is 14.0. The van der Waals surface area contributed by atoms with Crippen LogP contribution < -0.4 is 10.2 Å². The van der Waals surface area contributed by atoms with Gasteiger partial charge in [-0.2, -0.15) is 0 Å². The predicted molar refractivity (Wildman–Crippen MR) is 124 cm³/mol. The molecule has 2 aliphatic heterocycles. The highest BCUT2D eigenvalue weighted by atomic mass is 127. The van der Waals surface area contributed by atoms with E-state index in [-0.39, 0.29) is 36.4 Å². The maximum absolute atomic E-state index is 12.0. The second-order valence-corrected chi connectivity index (χ2v) is 7.19. The van der Waals surface area contributed by atoms with Crippen LogP contribution in [-0.2, 0) is 16.0 Å². The second kappa shape index (κ2) is 11.6. The number of aliphatic imine (C=N–C) groups is 1. The molecule has 156 valence electrons. The molecule has 0 bridgehead atoms. The Hall–Kier alpha value is -1.39. The summed E-state index contributed by atoms with van der Waals surface area (Å²) in [6, 6.07) is 8.42. The Balaban J connectivity index is 0.00000280. The van der Waals surface area contributed by atoms with Crippen molar-refractivity contribution in [2.45, 2.75) is 12.8 Å². The lowest BCUT2D eigenvalue weighted by Gasteiger charge is -2.27. The van der Waals surface area contributed by atoms with Crippen molar-refractivity contribution in [3.63, 3.8) is 0 Å². The Labute approximate surface area is 185 Å². The van der Waals surface area contributed by atoms with Crippen molar-refractivity contribution in [3.8, 4) is 0 Å². The van der Waals surface area contributed by atoms with Crippen molar-refractivity contribution >= 4 is 41.5 Å². The van der Waals surface area contributed by atoms with Crippen molar-refractivity contribution < 1.29 is 9.53 Å². The van der Waals surface area contributed by atoms with E-state index in [0.29, 0.717) is 0 Å². The number of ether oxygens (including phenoxy) is 1. The number of morpholine rings is 1. The zero-order chi connectivity index (χ0) is 19.1. The molecule has 0 saturated carbocycles. The molecule has 3 rings (SSSR count). The van der Waals surface area contributed by atoms with E-state index in [1.54, 1.807) is 19.0 Å². The number of halogens is 1. The van der Waals surface area contributed by atoms with Crippen LogP contribution in [0.15, 0.2) is 29.3 Å². The minimum atomic E-state index is 0. The Morgan fingerprint density at radius 1 is 1.21 bits per heavy atom. The number of nitrogens with zero attached hydrogens (tertiary/aromatic N) is 4. The van der Waals surface area contributed by atoms with E-state index >= 15 is 0 Å². The topological polar surface area (TPSA) is 60.4 Å². The summed E-state index contributed by atoms with van der Waals surface area (Å²) in [6.45, 7) is 6.63. The smallest absolute Gasteiger partial charge is 0.243 e. The highest BCUT2D eigenvalue weighted by Crippen LogP contribution is 2.27. The van der Waals surface area contributed by atoms with Crippen LogP contribution in [0.3, 0.4) is 0 Å². The van der Waals surface area contributed by atoms with Crippen molar-refractivity contribution in [2.24, 2.45) is 4.99 Å². The van der Waals surface area contributed by atoms with E-state index in [1.165, 1.54) is 11.3 Å². The van der Waals surface area contributed by atoms with Crippen molar-refractivity contribution in [1.29, 1.82) is 0 Å². The number of hydrogen-bond acceptors (Lipinski definition) is 4. The number of para-hydroxylation sites is 1. The van der Waals surface area contributed by atoms with Gasteiger partial charge in [-0.25, -0.2) is 4.99 Å². The number of benzene rings is 1. The molecule has 0 atom stereocenters. The molecular formula is C20H32IN5O2. The number of likely N-dealkylation sites (N-methyl/N-ethyl adjacent to an activating group) is 1. The molecule has 7 nitrogen and oxygen atoms in total. The van der Waals surface area contributed by atoms with E-state index in [2.05, 4.69) is 44.4 Å². The Kier molecular flexibility index (Phi) is 9.46. The van der Waals surface area contributed by atoms with E-state index < -0.39 is 0 Å². The predicted octanol–water partition coefficient (Wildman–Crippen LogP) is 1.42. The highest BCUT2D eigenvalue weighted by Gasteiger charge is 2.23. The number of fused-ring (bicyclic) bond motifs is 1. The summed E-state index contributed by atoms with van der Waals surface area (Å²) in [6.07, 6.45) is 2.04. The molecule has 2 aliphatic rings. The summed E-state index contributed by atoms with van der Waals surface area (Å²) < 4.78 is 5.40. The van der Waals surface area contributed by atoms with Gasteiger partial charge in [0.2, 0.25) is 5.91 Å².